The Balaban J connectivity index is 1.97. The summed E-state index contributed by atoms with van der Waals surface area (Å²) < 4.78 is 0. The quantitative estimate of drug-likeness (QED) is 0.413. The summed E-state index contributed by atoms with van der Waals surface area (Å²) in [7, 11) is 0. The van der Waals surface area contributed by atoms with Gasteiger partial charge in [0.2, 0.25) is 0 Å². The zero-order valence-electron chi connectivity index (χ0n) is 15.8. The first kappa shape index (κ1) is 19.8. The van der Waals surface area contributed by atoms with Crippen molar-refractivity contribution < 1.29 is 14.5 Å². The van der Waals surface area contributed by atoms with Gasteiger partial charge in [-0.25, -0.2) is 0 Å². The van der Waals surface area contributed by atoms with Gasteiger partial charge in [-0.2, -0.15) is 0 Å². The van der Waals surface area contributed by atoms with Crippen LogP contribution in [0.2, 0.25) is 0 Å². The molecule has 2 aromatic carbocycles. The van der Waals surface area contributed by atoms with Crippen LogP contribution in [0.1, 0.15) is 30.5 Å². The molecular formula is C21H20N2O4S. The molecule has 6 nitrogen and oxygen atoms in total. The Kier molecular flexibility index (Phi) is 5.65. The van der Waals surface area contributed by atoms with E-state index < -0.39 is 4.92 Å². The molecule has 28 heavy (non-hydrogen) atoms. The largest absolute Gasteiger partial charge is 0.269 e. The van der Waals surface area contributed by atoms with Gasteiger partial charge in [-0.05, 0) is 30.2 Å². The molecule has 0 aliphatic carbocycles. The average Bonchev–Trinajstić information content (AvgIpc) is 2.87. The molecule has 2 aromatic rings. The predicted octanol–water partition coefficient (Wildman–Crippen LogP) is 4.32. The molecule has 0 spiro atoms. The summed E-state index contributed by atoms with van der Waals surface area (Å²) >= 11 is 1.34. The first-order valence-corrected chi connectivity index (χ1v) is 9.73. The van der Waals surface area contributed by atoms with Crippen LogP contribution in [0.3, 0.4) is 0 Å². The van der Waals surface area contributed by atoms with E-state index in [1.807, 2.05) is 45.0 Å². The zero-order valence-corrected chi connectivity index (χ0v) is 16.7. The number of carbonyl (C=O) groups is 2. The Morgan fingerprint density at radius 3 is 2.14 bits per heavy atom. The first-order valence-electron chi connectivity index (χ1n) is 8.85. The van der Waals surface area contributed by atoms with Gasteiger partial charge >= 0.3 is 0 Å². The lowest BCUT2D eigenvalue weighted by Gasteiger charge is -2.15. The Hall–Kier alpha value is -2.93. The second-order valence-corrected chi connectivity index (χ2v) is 8.44. The van der Waals surface area contributed by atoms with Crippen LogP contribution in [-0.2, 0) is 16.1 Å². The number of aryl methyl sites for hydroxylation is 1. The summed E-state index contributed by atoms with van der Waals surface area (Å²) in [6.07, 6.45) is 0. The van der Waals surface area contributed by atoms with Crippen LogP contribution in [0, 0.1) is 17.0 Å². The maximum atomic E-state index is 13.1. The summed E-state index contributed by atoms with van der Waals surface area (Å²) in [5.74, 6) is -0.694. The van der Waals surface area contributed by atoms with Crippen molar-refractivity contribution in [1.82, 2.24) is 4.90 Å². The molecule has 1 heterocycles. The fourth-order valence-electron chi connectivity index (χ4n) is 2.92. The van der Waals surface area contributed by atoms with E-state index in [1.54, 1.807) is 0 Å². The number of nitro benzene ring substituents is 1. The summed E-state index contributed by atoms with van der Waals surface area (Å²) in [6, 6.07) is 13.4. The standard InChI is InChI=1S/C21H20N2O4S/c1-13(2)28-19-18(16-8-10-17(11-9-16)23(26)27)20(24)22(21(19)25)12-15-6-4-14(3)5-7-15/h4-11,13H,12H2,1-3H3. The Morgan fingerprint density at radius 1 is 1.00 bits per heavy atom. The second kappa shape index (κ2) is 7.98. The maximum Gasteiger partial charge on any atom is 0.269 e. The lowest BCUT2D eigenvalue weighted by molar-refractivity contribution is -0.384. The summed E-state index contributed by atoms with van der Waals surface area (Å²) in [5.41, 5.74) is 2.73. The highest BCUT2D eigenvalue weighted by molar-refractivity contribution is 8.04. The van der Waals surface area contributed by atoms with Crippen molar-refractivity contribution in [3.05, 3.63) is 80.2 Å². The molecular weight excluding hydrogens is 376 g/mol. The van der Waals surface area contributed by atoms with Gasteiger partial charge in [0.25, 0.3) is 17.5 Å². The molecule has 0 saturated heterocycles. The molecule has 0 atom stereocenters. The van der Waals surface area contributed by atoms with Crippen molar-refractivity contribution in [3.8, 4) is 0 Å². The molecule has 0 saturated carbocycles. The van der Waals surface area contributed by atoms with Crippen LogP contribution < -0.4 is 0 Å². The summed E-state index contributed by atoms with van der Waals surface area (Å²) in [4.78, 5) is 38.1. The highest BCUT2D eigenvalue weighted by Gasteiger charge is 2.39. The number of benzene rings is 2. The summed E-state index contributed by atoms with van der Waals surface area (Å²) in [5, 5.41) is 11.0. The van der Waals surface area contributed by atoms with Gasteiger partial charge in [0, 0.05) is 17.4 Å². The third-order valence-corrected chi connectivity index (χ3v) is 5.39. The highest BCUT2D eigenvalue weighted by Crippen LogP contribution is 2.38. The molecule has 0 fully saturated rings. The monoisotopic (exact) mass is 396 g/mol. The topological polar surface area (TPSA) is 80.5 Å². The van der Waals surface area contributed by atoms with E-state index in [9.17, 15) is 19.7 Å². The molecule has 0 aromatic heterocycles. The molecule has 0 bridgehead atoms. The lowest BCUT2D eigenvalue weighted by atomic mass is 10.1. The van der Waals surface area contributed by atoms with Crippen molar-refractivity contribution in [2.75, 3.05) is 0 Å². The number of carbonyl (C=O) groups excluding carboxylic acids is 2. The number of amides is 2. The van der Waals surface area contributed by atoms with Crippen molar-refractivity contribution in [3.63, 3.8) is 0 Å². The SMILES string of the molecule is Cc1ccc(CN2C(=O)C(SC(C)C)=C(c3ccc([N+](=O)[O-])cc3)C2=O)cc1. The number of nitrogens with zero attached hydrogens (tertiary/aromatic N) is 2. The second-order valence-electron chi connectivity index (χ2n) is 6.86. The number of rotatable bonds is 6. The van der Waals surface area contributed by atoms with Crippen LogP contribution in [0.4, 0.5) is 5.69 Å². The zero-order chi connectivity index (χ0) is 20.4. The van der Waals surface area contributed by atoms with Crippen LogP contribution in [0.15, 0.2) is 53.4 Å². The molecule has 2 amide bonds. The molecule has 0 N–H and O–H groups in total. The minimum atomic E-state index is -0.493. The van der Waals surface area contributed by atoms with Crippen molar-refractivity contribution in [2.45, 2.75) is 32.6 Å². The van der Waals surface area contributed by atoms with Crippen molar-refractivity contribution in [1.29, 1.82) is 0 Å². The van der Waals surface area contributed by atoms with Gasteiger partial charge < -0.3 is 0 Å². The minimum Gasteiger partial charge on any atom is -0.269 e. The van der Waals surface area contributed by atoms with E-state index >= 15 is 0 Å². The van der Waals surface area contributed by atoms with E-state index in [0.29, 0.717) is 16.0 Å². The van der Waals surface area contributed by atoms with E-state index in [1.165, 1.54) is 40.9 Å². The minimum absolute atomic E-state index is 0.0595. The number of hydrogen-bond donors (Lipinski definition) is 0. The number of non-ortho nitro benzene ring substituents is 1. The van der Waals surface area contributed by atoms with Gasteiger partial charge in [-0.3, -0.25) is 24.6 Å². The number of nitro groups is 1. The van der Waals surface area contributed by atoms with Crippen molar-refractivity contribution in [2.24, 2.45) is 0 Å². The fraction of sp³-hybridized carbons (Fsp3) is 0.238. The van der Waals surface area contributed by atoms with E-state index in [4.69, 9.17) is 0 Å². The summed E-state index contributed by atoms with van der Waals surface area (Å²) in [6.45, 7) is 6.06. The van der Waals surface area contributed by atoms with Crippen LogP contribution in [0.25, 0.3) is 5.57 Å². The first-order chi connectivity index (χ1) is 13.3. The number of hydrogen-bond acceptors (Lipinski definition) is 5. The maximum absolute atomic E-state index is 13.1. The molecule has 7 heteroatoms. The highest BCUT2D eigenvalue weighted by atomic mass is 32.2. The number of imide groups is 1. The van der Waals surface area contributed by atoms with E-state index in [0.717, 1.165) is 11.1 Å². The van der Waals surface area contributed by atoms with Gasteiger partial charge in [-0.1, -0.05) is 43.7 Å². The Labute approximate surface area is 167 Å². The molecule has 3 rings (SSSR count). The van der Waals surface area contributed by atoms with Crippen LogP contribution in [-0.4, -0.2) is 26.9 Å². The smallest absolute Gasteiger partial charge is 0.269 e. The van der Waals surface area contributed by atoms with Gasteiger partial charge in [0.05, 0.1) is 21.9 Å². The predicted molar refractivity (Wildman–Crippen MR) is 109 cm³/mol. The molecule has 0 radical (unpaired) electrons. The Morgan fingerprint density at radius 2 is 1.61 bits per heavy atom. The van der Waals surface area contributed by atoms with Gasteiger partial charge in [-0.15, -0.1) is 11.8 Å². The fourth-order valence-corrected chi connectivity index (χ4v) is 3.93. The van der Waals surface area contributed by atoms with Crippen LogP contribution in [0.5, 0.6) is 0 Å². The van der Waals surface area contributed by atoms with E-state index in [2.05, 4.69) is 0 Å². The number of thioether (sulfide) groups is 1. The molecule has 144 valence electrons. The third-order valence-electron chi connectivity index (χ3n) is 4.31. The van der Waals surface area contributed by atoms with Gasteiger partial charge in [0.15, 0.2) is 0 Å². The average molecular weight is 396 g/mol. The third kappa shape index (κ3) is 3.99. The normalized spacial score (nSPS) is 14.4. The lowest BCUT2D eigenvalue weighted by Crippen LogP contribution is -2.31. The van der Waals surface area contributed by atoms with Crippen LogP contribution >= 0.6 is 11.8 Å². The molecule has 1 aliphatic heterocycles. The molecule has 0 unspecified atom stereocenters. The molecule has 1 aliphatic rings. The Bertz CT molecular complexity index is 963. The van der Waals surface area contributed by atoms with E-state index in [-0.39, 0.29) is 29.3 Å². The van der Waals surface area contributed by atoms with Crippen molar-refractivity contribution >= 4 is 34.8 Å². The van der Waals surface area contributed by atoms with Gasteiger partial charge in [0.1, 0.15) is 0 Å².